The lowest BCUT2D eigenvalue weighted by Gasteiger charge is -2.16. The van der Waals surface area contributed by atoms with Gasteiger partial charge in [-0.15, -0.1) is 0 Å². The van der Waals surface area contributed by atoms with E-state index < -0.39 is 11.8 Å². The molecule has 5 nitrogen and oxygen atoms in total. The van der Waals surface area contributed by atoms with Crippen LogP contribution in [-0.2, 0) is 16.0 Å². The Hall–Kier alpha value is -2.40. The lowest BCUT2D eigenvalue weighted by Crippen LogP contribution is -2.38. The Morgan fingerprint density at radius 1 is 1.22 bits per heavy atom. The maximum Gasteiger partial charge on any atom is 0.313 e. The van der Waals surface area contributed by atoms with Gasteiger partial charge in [-0.25, -0.2) is 0 Å². The number of carbonyl (C=O) groups excluding carboxylic acids is 2. The SMILES string of the molecule is Cc1ccc(NC(=O)C(=O)N(C)CCc2ccncc2)cc1Cl. The van der Waals surface area contributed by atoms with Crippen LogP contribution in [0.2, 0.25) is 5.02 Å². The van der Waals surface area contributed by atoms with Crippen LogP contribution in [0.4, 0.5) is 5.69 Å². The number of anilines is 1. The van der Waals surface area contributed by atoms with Crippen molar-refractivity contribution in [1.29, 1.82) is 0 Å². The minimum absolute atomic E-state index is 0.449. The van der Waals surface area contributed by atoms with Crippen molar-refractivity contribution < 1.29 is 9.59 Å². The number of aromatic nitrogens is 1. The normalized spacial score (nSPS) is 10.2. The molecule has 6 heteroatoms. The molecule has 0 saturated carbocycles. The van der Waals surface area contributed by atoms with E-state index in [1.165, 1.54) is 4.90 Å². The van der Waals surface area contributed by atoms with Crippen molar-refractivity contribution >= 4 is 29.1 Å². The molecule has 2 aromatic rings. The molecule has 0 radical (unpaired) electrons. The molecule has 0 bridgehead atoms. The molecule has 2 rings (SSSR count). The Labute approximate surface area is 140 Å². The summed E-state index contributed by atoms with van der Waals surface area (Å²) in [6.45, 7) is 2.32. The van der Waals surface area contributed by atoms with Gasteiger partial charge < -0.3 is 10.2 Å². The van der Waals surface area contributed by atoms with Gasteiger partial charge in [0.05, 0.1) is 0 Å². The van der Waals surface area contributed by atoms with Crippen LogP contribution in [-0.4, -0.2) is 35.3 Å². The first-order valence-corrected chi connectivity index (χ1v) is 7.56. The molecule has 1 heterocycles. The largest absolute Gasteiger partial charge is 0.337 e. The molecule has 120 valence electrons. The highest BCUT2D eigenvalue weighted by molar-refractivity contribution is 6.39. The van der Waals surface area contributed by atoms with Crippen molar-refractivity contribution in [3.8, 4) is 0 Å². The Bertz CT molecular complexity index is 704. The first-order valence-electron chi connectivity index (χ1n) is 7.19. The molecule has 0 fully saturated rings. The zero-order valence-electron chi connectivity index (χ0n) is 13.0. The number of hydrogen-bond donors (Lipinski definition) is 1. The number of hydrogen-bond acceptors (Lipinski definition) is 3. The number of likely N-dealkylation sites (N-methyl/N-ethyl adjacent to an activating group) is 1. The molecule has 0 saturated heterocycles. The first-order chi connectivity index (χ1) is 11.0. The summed E-state index contributed by atoms with van der Waals surface area (Å²) in [5, 5.41) is 3.11. The molecule has 0 aliphatic rings. The zero-order chi connectivity index (χ0) is 16.8. The van der Waals surface area contributed by atoms with Gasteiger partial charge in [-0.2, -0.15) is 0 Å². The van der Waals surface area contributed by atoms with E-state index in [0.29, 0.717) is 23.7 Å². The second-order valence-electron chi connectivity index (χ2n) is 5.25. The quantitative estimate of drug-likeness (QED) is 0.876. The van der Waals surface area contributed by atoms with Crippen LogP contribution < -0.4 is 5.32 Å². The fourth-order valence-corrected chi connectivity index (χ4v) is 2.16. The van der Waals surface area contributed by atoms with Crippen LogP contribution in [0, 0.1) is 6.92 Å². The fourth-order valence-electron chi connectivity index (χ4n) is 1.98. The molecule has 0 atom stereocenters. The van der Waals surface area contributed by atoms with Gasteiger partial charge in [0.15, 0.2) is 0 Å². The van der Waals surface area contributed by atoms with E-state index in [-0.39, 0.29) is 0 Å². The van der Waals surface area contributed by atoms with E-state index in [0.717, 1.165) is 11.1 Å². The lowest BCUT2D eigenvalue weighted by atomic mass is 10.2. The molecule has 0 unspecified atom stereocenters. The molecular weight excluding hydrogens is 314 g/mol. The molecule has 1 aromatic carbocycles. The van der Waals surface area contributed by atoms with Crippen molar-refractivity contribution in [3.05, 3.63) is 58.9 Å². The van der Waals surface area contributed by atoms with Gasteiger partial charge in [0.1, 0.15) is 0 Å². The number of benzene rings is 1. The highest BCUT2D eigenvalue weighted by Gasteiger charge is 2.18. The summed E-state index contributed by atoms with van der Waals surface area (Å²) in [5.41, 5.74) is 2.47. The third-order valence-corrected chi connectivity index (χ3v) is 3.86. The van der Waals surface area contributed by atoms with Gasteiger partial charge in [-0.3, -0.25) is 14.6 Å². The molecule has 1 aromatic heterocycles. The molecule has 2 amide bonds. The van der Waals surface area contributed by atoms with Gasteiger partial charge in [0.25, 0.3) is 0 Å². The number of pyridine rings is 1. The first kappa shape index (κ1) is 17.0. The summed E-state index contributed by atoms with van der Waals surface area (Å²) in [5.74, 6) is -1.27. The monoisotopic (exact) mass is 331 g/mol. The van der Waals surface area contributed by atoms with Crippen LogP contribution in [0.5, 0.6) is 0 Å². The topological polar surface area (TPSA) is 62.3 Å². The third-order valence-electron chi connectivity index (χ3n) is 3.46. The Balaban J connectivity index is 1.90. The minimum atomic E-state index is -0.679. The van der Waals surface area contributed by atoms with E-state index in [4.69, 9.17) is 11.6 Å². The number of nitrogens with one attached hydrogen (secondary N) is 1. The van der Waals surface area contributed by atoms with Crippen molar-refractivity contribution in [3.63, 3.8) is 0 Å². The van der Waals surface area contributed by atoms with E-state index in [9.17, 15) is 9.59 Å². The van der Waals surface area contributed by atoms with Crippen molar-refractivity contribution in [1.82, 2.24) is 9.88 Å². The number of halogens is 1. The van der Waals surface area contributed by atoms with Gasteiger partial charge in [-0.05, 0) is 48.7 Å². The molecular formula is C17H18ClN3O2. The van der Waals surface area contributed by atoms with Gasteiger partial charge in [0.2, 0.25) is 0 Å². The van der Waals surface area contributed by atoms with Gasteiger partial charge in [-0.1, -0.05) is 17.7 Å². The van der Waals surface area contributed by atoms with E-state index in [1.807, 2.05) is 19.1 Å². The maximum atomic E-state index is 12.1. The second kappa shape index (κ2) is 7.74. The fraction of sp³-hybridized carbons (Fsp3) is 0.235. The van der Waals surface area contributed by atoms with E-state index >= 15 is 0 Å². The summed E-state index contributed by atoms with van der Waals surface area (Å²) in [6.07, 6.45) is 4.06. The van der Waals surface area contributed by atoms with Crippen LogP contribution in [0.15, 0.2) is 42.7 Å². The average molecular weight is 332 g/mol. The summed E-state index contributed by atoms with van der Waals surface area (Å²) in [4.78, 5) is 29.4. The molecule has 1 N–H and O–H groups in total. The predicted molar refractivity (Wildman–Crippen MR) is 90.4 cm³/mol. The number of nitrogens with zero attached hydrogens (tertiary/aromatic N) is 2. The van der Waals surface area contributed by atoms with Gasteiger partial charge in [0, 0.05) is 36.7 Å². The molecule has 0 aliphatic carbocycles. The number of amides is 2. The highest BCUT2D eigenvalue weighted by atomic mass is 35.5. The molecule has 23 heavy (non-hydrogen) atoms. The van der Waals surface area contributed by atoms with E-state index in [1.54, 1.807) is 37.6 Å². The van der Waals surface area contributed by atoms with Crippen LogP contribution in [0.3, 0.4) is 0 Å². The Morgan fingerprint density at radius 3 is 2.57 bits per heavy atom. The standard InChI is InChI=1S/C17H18ClN3O2/c1-12-3-4-14(11-15(12)18)20-16(22)17(23)21(2)10-7-13-5-8-19-9-6-13/h3-6,8-9,11H,7,10H2,1-2H3,(H,20,22). The van der Waals surface area contributed by atoms with Crippen LogP contribution in [0.1, 0.15) is 11.1 Å². The van der Waals surface area contributed by atoms with Crippen LogP contribution >= 0.6 is 11.6 Å². The Kier molecular flexibility index (Phi) is 5.71. The summed E-state index contributed by atoms with van der Waals surface area (Å²) in [6, 6.07) is 8.89. The van der Waals surface area contributed by atoms with Crippen molar-refractivity contribution in [2.75, 3.05) is 18.9 Å². The highest BCUT2D eigenvalue weighted by Crippen LogP contribution is 2.19. The number of rotatable bonds is 4. The minimum Gasteiger partial charge on any atom is -0.337 e. The Morgan fingerprint density at radius 2 is 1.91 bits per heavy atom. The summed E-state index contributed by atoms with van der Waals surface area (Å²) >= 11 is 6.01. The van der Waals surface area contributed by atoms with E-state index in [2.05, 4.69) is 10.3 Å². The van der Waals surface area contributed by atoms with Crippen LogP contribution in [0.25, 0.3) is 0 Å². The van der Waals surface area contributed by atoms with Crippen molar-refractivity contribution in [2.45, 2.75) is 13.3 Å². The molecule has 0 spiro atoms. The zero-order valence-corrected chi connectivity index (χ0v) is 13.8. The van der Waals surface area contributed by atoms with Crippen molar-refractivity contribution in [2.24, 2.45) is 0 Å². The second-order valence-corrected chi connectivity index (χ2v) is 5.66. The summed E-state index contributed by atoms with van der Waals surface area (Å²) < 4.78 is 0. The lowest BCUT2D eigenvalue weighted by molar-refractivity contribution is -0.142. The average Bonchev–Trinajstić information content (AvgIpc) is 2.56. The number of carbonyl (C=O) groups is 2. The molecule has 0 aliphatic heterocycles. The number of aryl methyl sites for hydroxylation is 1. The third kappa shape index (κ3) is 4.79. The predicted octanol–water partition coefficient (Wildman–Crippen LogP) is 2.68. The summed E-state index contributed by atoms with van der Waals surface area (Å²) in [7, 11) is 1.60. The smallest absolute Gasteiger partial charge is 0.313 e. The maximum absolute atomic E-state index is 12.1. The van der Waals surface area contributed by atoms with Gasteiger partial charge >= 0.3 is 11.8 Å².